The number of benzene rings is 2. The summed E-state index contributed by atoms with van der Waals surface area (Å²) < 4.78 is 7.65. The third-order valence-electron chi connectivity index (χ3n) is 7.39. The minimum Gasteiger partial charge on any atom is -0.494 e. The van der Waals surface area contributed by atoms with E-state index in [1.165, 1.54) is 29.6 Å². The van der Waals surface area contributed by atoms with Gasteiger partial charge in [-0.1, -0.05) is 63.1 Å². The molecule has 1 aliphatic rings. The molecule has 0 aliphatic heterocycles. The Morgan fingerprint density at radius 2 is 1.85 bits per heavy atom. The van der Waals surface area contributed by atoms with Crippen molar-refractivity contribution in [1.82, 2.24) is 9.55 Å². The largest absolute Gasteiger partial charge is 0.494 e. The van der Waals surface area contributed by atoms with Crippen LogP contribution in [0.25, 0.3) is 22.2 Å². The molecule has 0 atom stereocenters. The summed E-state index contributed by atoms with van der Waals surface area (Å²) in [6.07, 6.45) is 4.49. The van der Waals surface area contributed by atoms with Crippen LogP contribution in [-0.2, 0) is 6.54 Å². The Bertz CT molecular complexity index is 1260. The molecule has 3 aromatic rings. The van der Waals surface area contributed by atoms with Crippen LogP contribution in [0.3, 0.4) is 0 Å². The molecule has 0 saturated carbocycles. The number of rotatable bonds is 7. The van der Waals surface area contributed by atoms with Gasteiger partial charge in [-0.05, 0) is 74.6 Å². The predicted octanol–water partition coefficient (Wildman–Crippen LogP) is 7.50. The van der Waals surface area contributed by atoms with Gasteiger partial charge in [0.25, 0.3) is 0 Å². The van der Waals surface area contributed by atoms with E-state index < -0.39 is 0 Å². The van der Waals surface area contributed by atoms with Gasteiger partial charge in [0.2, 0.25) is 0 Å². The van der Waals surface area contributed by atoms with Gasteiger partial charge >= 0.3 is 5.69 Å². The Morgan fingerprint density at radius 1 is 1.12 bits per heavy atom. The summed E-state index contributed by atoms with van der Waals surface area (Å²) in [5.41, 5.74) is 6.86. The molecular weight excluding hydrogens is 420 g/mol. The third kappa shape index (κ3) is 4.82. The normalized spacial score (nSPS) is 15.9. The monoisotopic (exact) mass is 458 g/mol. The van der Waals surface area contributed by atoms with Crippen molar-refractivity contribution in [2.75, 3.05) is 6.61 Å². The van der Waals surface area contributed by atoms with Crippen LogP contribution in [0.1, 0.15) is 78.7 Å². The molecule has 0 saturated heterocycles. The van der Waals surface area contributed by atoms with Crippen LogP contribution in [0.4, 0.5) is 0 Å². The van der Waals surface area contributed by atoms with Crippen molar-refractivity contribution in [2.24, 2.45) is 5.41 Å². The quantitative estimate of drug-likeness (QED) is 0.344. The number of fused-ring (bicyclic) bond motifs is 1. The molecule has 4 rings (SSSR count). The summed E-state index contributed by atoms with van der Waals surface area (Å²) in [4.78, 5) is 17.9. The summed E-state index contributed by atoms with van der Waals surface area (Å²) in [7, 11) is 0. The van der Waals surface area contributed by atoms with Crippen molar-refractivity contribution in [3.63, 3.8) is 0 Å². The molecule has 180 valence electrons. The molecular formula is C30H38N2O2. The smallest absolute Gasteiger partial charge is 0.348 e. The molecule has 2 aromatic carbocycles. The first-order chi connectivity index (χ1) is 16.2. The van der Waals surface area contributed by atoms with Gasteiger partial charge in [-0.2, -0.15) is 4.98 Å². The van der Waals surface area contributed by atoms with Crippen molar-refractivity contribution in [1.29, 1.82) is 0 Å². The summed E-state index contributed by atoms with van der Waals surface area (Å²) >= 11 is 0. The van der Waals surface area contributed by atoms with Crippen molar-refractivity contribution < 1.29 is 4.74 Å². The molecule has 34 heavy (non-hydrogen) atoms. The molecule has 0 bridgehead atoms. The maximum atomic E-state index is 13.3. The van der Waals surface area contributed by atoms with Crippen molar-refractivity contribution in [3.8, 4) is 17.0 Å². The Kier molecular flexibility index (Phi) is 6.97. The molecule has 4 nitrogen and oxygen atoms in total. The highest BCUT2D eigenvalue weighted by atomic mass is 16.5. The SMILES string of the molecule is CCOc1ccc2c(c1)c(-c1ccc(C(C)C)cc1)nc(=O)n2CCC1=C(C)CCCC1(C)C. The number of aromatic nitrogens is 2. The van der Waals surface area contributed by atoms with E-state index in [0.717, 1.165) is 40.8 Å². The van der Waals surface area contributed by atoms with E-state index in [1.807, 2.05) is 29.7 Å². The van der Waals surface area contributed by atoms with Crippen LogP contribution in [0, 0.1) is 5.41 Å². The van der Waals surface area contributed by atoms with Gasteiger partial charge in [-0.3, -0.25) is 4.57 Å². The number of hydrogen-bond donors (Lipinski definition) is 0. The maximum absolute atomic E-state index is 13.3. The molecule has 0 radical (unpaired) electrons. The Balaban J connectivity index is 1.80. The standard InChI is InChI=1S/C30H38N2O2/c1-7-34-24-14-15-27-25(19-24)28(23-12-10-22(11-13-23)20(2)3)31-29(33)32(27)18-16-26-21(4)9-8-17-30(26,5)6/h10-15,19-20H,7-9,16-18H2,1-6H3. The lowest BCUT2D eigenvalue weighted by Crippen LogP contribution is -2.27. The lowest BCUT2D eigenvalue weighted by atomic mass is 9.71. The van der Waals surface area contributed by atoms with E-state index in [0.29, 0.717) is 19.1 Å². The Hall–Kier alpha value is -2.88. The van der Waals surface area contributed by atoms with E-state index in [4.69, 9.17) is 4.74 Å². The van der Waals surface area contributed by atoms with Gasteiger partial charge in [-0.25, -0.2) is 4.79 Å². The maximum Gasteiger partial charge on any atom is 0.348 e. The fourth-order valence-corrected chi connectivity index (χ4v) is 5.43. The Labute approximate surface area is 203 Å². The lowest BCUT2D eigenvalue weighted by molar-refractivity contribution is 0.340. The number of allylic oxidation sites excluding steroid dienone is 2. The van der Waals surface area contributed by atoms with Gasteiger partial charge in [0.15, 0.2) is 0 Å². The molecule has 0 spiro atoms. The molecule has 1 aromatic heterocycles. The van der Waals surface area contributed by atoms with Crippen LogP contribution < -0.4 is 10.4 Å². The average molecular weight is 459 g/mol. The van der Waals surface area contributed by atoms with Gasteiger partial charge in [-0.15, -0.1) is 0 Å². The van der Waals surface area contributed by atoms with E-state index in [-0.39, 0.29) is 11.1 Å². The average Bonchev–Trinajstić information content (AvgIpc) is 2.79. The van der Waals surface area contributed by atoms with Crippen molar-refractivity contribution in [2.45, 2.75) is 79.7 Å². The summed E-state index contributed by atoms with van der Waals surface area (Å²) in [5.74, 6) is 1.26. The molecule has 1 aliphatic carbocycles. The zero-order valence-corrected chi connectivity index (χ0v) is 21.6. The molecule has 1 heterocycles. The summed E-state index contributed by atoms with van der Waals surface area (Å²) in [5, 5.41) is 0.955. The second kappa shape index (κ2) is 9.77. The van der Waals surface area contributed by atoms with Gasteiger partial charge < -0.3 is 4.74 Å². The highest BCUT2D eigenvalue weighted by Gasteiger charge is 2.28. The second-order valence-electron chi connectivity index (χ2n) is 10.5. The molecule has 0 unspecified atom stereocenters. The first kappa shape index (κ1) is 24.3. The van der Waals surface area contributed by atoms with Crippen LogP contribution in [0.2, 0.25) is 0 Å². The topological polar surface area (TPSA) is 44.1 Å². The first-order valence-corrected chi connectivity index (χ1v) is 12.7. The van der Waals surface area contributed by atoms with Gasteiger partial charge in [0.05, 0.1) is 17.8 Å². The molecule has 0 amide bonds. The van der Waals surface area contributed by atoms with Crippen molar-refractivity contribution in [3.05, 3.63) is 69.7 Å². The van der Waals surface area contributed by atoms with E-state index in [1.54, 1.807) is 0 Å². The number of aryl methyl sites for hydroxylation is 1. The van der Waals surface area contributed by atoms with Crippen LogP contribution in [0.5, 0.6) is 5.75 Å². The van der Waals surface area contributed by atoms with Crippen LogP contribution >= 0.6 is 0 Å². The van der Waals surface area contributed by atoms with E-state index in [9.17, 15) is 4.79 Å². The zero-order valence-electron chi connectivity index (χ0n) is 21.6. The summed E-state index contributed by atoms with van der Waals surface area (Å²) in [6.45, 7) is 14.5. The van der Waals surface area contributed by atoms with Crippen LogP contribution in [0.15, 0.2) is 58.4 Å². The molecule has 0 N–H and O–H groups in total. The highest BCUT2D eigenvalue weighted by molar-refractivity contribution is 5.93. The fourth-order valence-electron chi connectivity index (χ4n) is 5.43. The minimum absolute atomic E-state index is 0.188. The molecule has 4 heteroatoms. The van der Waals surface area contributed by atoms with E-state index in [2.05, 4.69) is 63.9 Å². The van der Waals surface area contributed by atoms with E-state index >= 15 is 0 Å². The second-order valence-corrected chi connectivity index (χ2v) is 10.5. The minimum atomic E-state index is -0.188. The van der Waals surface area contributed by atoms with Crippen molar-refractivity contribution >= 4 is 10.9 Å². The highest BCUT2D eigenvalue weighted by Crippen LogP contribution is 2.42. The lowest BCUT2D eigenvalue weighted by Gasteiger charge is -2.35. The molecule has 0 fully saturated rings. The van der Waals surface area contributed by atoms with Crippen LogP contribution in [-0.4, -0.2) is 16.2 Å². The fraction of sp³-hybridized carbons (Fsp3) is 0.467. The zero-order chi connectivity index (χ0) is 24.5. The number of hydrogen-bond acceptors (Lipinski definition) is 3. The Morgan fingerprint density at radius 3 is 2.50 bits per heavy atom. The number of nitrogens with zero attached hydrogens (tertiary/aromatic N) is 2. The summed E-state index contributed by atoms with van der Waals surface area (Å²) in [6, 6.07) is 14.4. The predicted molar refractivity (Wildman–Crippen MR) is 142 cm³/mol. The first-order valence-electron chi connectivity index (χ1n) is 12.7. The number of ether oxygens (including phenoxy) is 1. The van der Waals surface area contributed by atoms with Gasteiger partial charge in [0, 0.05) is 17.5 Å². The third-order valence-corrected chi connectivity index (χ3v) is 7.39. The van der Waals surface area contributed by atoms with Gasteiger partial charge in [0.1, 0.15) is 5.75 Å².